The molecule has 1 fully saturated rings. The minimum atomic E-state index is -0.981. The van der Waals surface area contributed by atoms with E-state index in [1.807, 2.05) is 33.6 Å². The van der Waals surface area contributed by atoms with Crippen LogP contribution in [0.15, 0.2) is 18.2 Å². The molecule has 0 unspecified atom stereocenters. The normalized spacial score (nSPS) is 16.0. The lowest BCUT2D eigenvalue weighted by Crippen LogP contribution is -2.38. The van der Waals surface area contributed by atoms with Gasteiger partial charge in [-0.15, -0.1) is 0 Å². The topological polar surface area (TPSA) is 92.9 Å². The van der Waals surface area contributed by atoms with E-state index in [0.717, 1.165) is 3.57 Å². The summed E-state index contributed by atoms with van der Waals surface area (Å²) in [7, 11) is 0. The number of hydrogen-bond acceptors (Lipinski definition) is 5. The van der Waals surface area contributed by atoms with Crippen LogP contribution in [0.3, 0.4) is 0 Å². The fourth-order valence-electron chi connectivity index (χ4n) is 2.36. The van der Waals surface area contributed by atoms with E-state index in [1.165, 1.54) is 0 Å². The molecule has 0 radical (unpaired) electrons. The number of nitro benzene ring substituents is 1. The van der Waals surface area contributed by atoms with Gasteiger partial charge < -0.3 is 14.7 Å². The Morgan fingerprint density at radius 1 is 1.48 bits per heavy atom. The Balaban J connectivity index is 2.02. The first-order chi connectivity index (χ1) is 9.97. The fourth-order valence-corrected chi connectivity index (χ4v) is 2.84. The summed E-state index contributed by atoms with van der Waals surface area (Å²) in [5, 5.41) is 19.7. The summed E-state index contributed by atoms with van der Waals surface area (Å²) < 4.78 is 6.09. The third-order valence-electron chi connectivity index (χ3n) is 3.36. The molecule has 1 N–H and O–H groups in total. The summed E-state index contributed by atoms with van der Waals surface area (Å²) in [4.78, 5) is 23.2. The highest BCUT2D eigenvalue weighted by Crippen LogP contribution is 2.32. The van der Waals surface area contributed by atoms with Crippen LogP contribution in [0.1, 0.15) is 12.8 Å². The molecule has 0 aliphatic carbocycles. The zero-order valence-corrected chi connectivity index (χ0v) is 13.4. The van der Waals surface area contributed by atoms with Gasteiger partial charge in [-0.05, 0) is 47.6 Å². The minimum absolute atomic E-state index is 0.0970. The van der Waals surface area contributed by atoms with E-state index in [2.05, 4.69) is 0 Å². The van der Waals surface area contributed by atoms with Crippen LogP contribution in [0.4, 0.5) is 11.4 Å². The van der Waals surface area contributed by atoms with Gasteiger partial charge >= 0.3 is 5.97 Å². The highest BCUT2D eigenvalue weighted by atomic mass is 127. The standard InChI is InChI=1S/C13H15IN2O5/c14-9-1-2-11(12(7-9)16(19)20)15-5-3-10(4-6-15)21-8-13(17)18/h1-2,7,10H,3-6,8H2,(H,17,18). The van der Waals surface area contributed by atoms with Gasteiger partial charge in [0.05, 0.1) is 11.0 Å². The van der Waals surface area contributed by atoms with Gasteiger partial charge in [-0.25, -0.2) is 4.79 Å². The van der Waals surface area contributed by atoms with E-state index in [-0.39, 0.29) is 23.3 Å². The number of aliphatic carboxylic acids is 1. The Kier molecular flexibility index (Phi) is 5.34. The summed E-state index contributed by atoms with van der Waals surface area (Å²) in [6.45, 7) is 0.936. The van der Waals surface area contributed by atoms with Crippen molar-refractivity contribution in [1.29, 1.82) is 0 Å². The second kappa shape index (κ2) is 7.03. The van der Waals surface area contributed by atoms with Gasteiger partial charge in [0.25, 0.3) is 5.69 Å². The Hall–Kier alpha value is -1.42. The Morgan fingerprint density at radius 2 is 2.14 bits per heavy atom. The molecule has 1 heterocycles. The summed E-state index contributed by atoms with van der Waals surface area (Å²) >= 11 is 2.05. The molecule has 8 heteroatoms. The molecule has 21 heavy (non-hydrogen) atoms. The van der Waals surface area contributed by atoms with Crippen molar-refractivity contribution in [3.63, 3.8) is 0 Å². The van der Waals surface area contributed by atoms with Crippen molar-refractivity contribution in [2.45, 2.75) is 18.9 Å². The van der Waals surface area contributed by atoms with Crippen LogP contribution >= 0.6 is 22.6 Å². The van der Waals surface area contributed by atoms with Crippen molar-refractivity contribution >= 4 is 39.9 Å². The number of rotatable bonds is 5. The number of halogens is 1. The lowest BCUT2D eigenvalue weighted by molar-refractivity contribution is -0.384. The van der Waals surface area contributed by atoms with Gasteiger partial charge in [-0.2, -0.15) is 0 Å². The molecule has 0 spiro atoms. The maximum atomic E-state index is 11.1. The molecule has 1 aliphatic rings. The molecule has 0 amide bonds. The van der Waals surface area contributed by atoms with E-state index in [1.54, 1.807) is 12.1 Å². The second-order valence-corrected chi connectivity index (χ2v) is 6.03. The molecular formula is C13H15IN2O5. The van der Waals surface area contributed by atoms with Gasteiger partial charge in [-0.1, -0.05) is 0 Å². The van der Waals surface area contributed by atoms with E-state index in [0.29, 0.717) is 31.6 Å². The summed E-state index contributed by atoms with van der Waals surface area (Å²) in [5.41, 5.74) is 0.712. The van der Waals surface area contributed by atoms with E-state index in [4.69, 9.17) is 9.84 Å². The van der Waals surface area contributed by atoms with Crippen LogP contribution in [0.5, 0.6) is 0 Å². The highest BCUT2D eigenvalue weighted by Gasteiger charge is 2.25. The molecule has 0 aromatic heterocycles. The Bertz CT molecular complexity index is 543. The maximum Gasteiger partial charge on any atom is 0.329 e. The largest absolute Gasteiger partial charge is 0.480 e. The number of benzene rings is 1. The number of ether oxygens (including phenoxy) is 1. The van der Waals surface area contributed by atoms with Gasteiger partial charge in [0.2, 0.25) is 0 Å². The third kappa shape index (κ3) is 4.27. The Morgan fingerprint density at radius 3 is 2.71 bits per heavy atom. The lowest BCUT2D eigenvalue weighted by atomic mass is 10.1. The molecule has 1 aromatic carbocycles. The maximum absolute atomic E-state index is 11.1. The number of hydrogen-bond donors (Lipinski definition) is 1. The molecule has 7 nitrogen and oxygen atoms in total. The fraction of sp³-hybridized carbons (Fsp3) is 0.462. The first kappa shape index (κ1) is 16.0. The minimum Gasteiger partial charge on any atom is -0.480 e. The van der Waals surface area contributed by atoms with Crippen LogP contribution in [0, 0.1) is 13.7 Å². The van der Waals surface area contributed by atoms with Crippen molar-refractivity contribution in [2.75, 3.05) is 24.6 Å². The zero-order valence-electron chi connectivity index (χ0n) is 11.2. The predicted octanol–water partition coefficient (Wildman–Crippen LogP) is 2.27. The first-order valence-corrected chi connectivity index (χ1v) is 7.57. The van der Waals surface area contributed by atoms with Gasteiger partial charge in [0, 0.05) is 22.7 Å². The summed E-state index contributed by atoms with van der Waals surface area (Å²) in [6, 6.07) is 5.16. The number of carboxylic acid groups (broad SMARTS) is 1. The van der Waals surface area contributed by atoms with Crippen molar-refractivity contribution in [3.8, 4) is 0 Å². The predicted molar refractivity (Wildman–Crippen MR) is 84.6 cm³/mol. The third-order valence-corrected chi connectivity index (χ3v) is 4.03. The number of nitro groups is 1. The lowest BCUT2D eigenvalue weighted by Gasteiger charge is -2.32. The molecule has 2 rings (SSSR count). The molecule has 0 bridgehead atoms. The van der Waals surface area contributed by atoms with E-state index >= 15 is 0 Å². The molecule has 1 saturated heterocycles. The van der Waals surface area contributed by atoms with E-state index < -0.39 is 5.97 Å². The van der Waals surface area contributed by atoms with Crippen LogP contribution < -0.4 is 4.90 Å². The number of carbonyl (C=O) groups is 1. The average molecular weight is 406 g/mol. The quantitative estimate of drug-likeness (QED) is 0.458. The molecule has 0 saturated carbocycles. The Labute approximate surface area is 135 Å². The van der Waals surface area contributed by atoms with Crippen molar-refractivity contribution in [1.82, 2.24) is 0 Å². The molecule has 1 aliphatic heterocycles. The van der Waals surface area contributed by atoms with Crippen LogP contribution in [0.25, 0.3) is 0 Å². The van der Waals surface area contributed by atoms with E-state index in [9.17, 15) is 14.9 Å². The molecule has 114 valence electrons. The molecule has 1 aromatic rings. The number of piperidine rings is 1. The zero-order chi connectivity index (χ0) is 15.4. The summed E-state index contributed by atoms with van der Waals surface area (Å²) in [5.74, 6) is -0.981. The number of nitrogens with zero attached hydrogens (tertiary/aromatic N) is 2. The number of anilines is 1. The van der Waals surface area contributed by atoms with Gasteiger partial charge in [0.1, 0.15) is 12.3 Å². The molecule has 0 atom stereocenters. The van der Waals surface area contributed by atoms with Crippen molar-refractivity contribution < 1.29 is 19.6 Å². The SMILES string of the molecule is O=C(O)COC1CCN(c2ccc(I)cc2[N+](=O)[O-])CC1. The van der Waals surface area contributed by atoms with Crippen LogP contribution in [-0.4, -0.2) is 41.8 Å². The first-order valence-electron chi connectivity index (χ1n) is 6.49. The smallest absolute Gasteiger partial charge is 0.329 e. The van der Waals surface area contributed by atoms with Gasteiger partial charge in [-0.3, -0.25) is 10.1 Å². The second-order valence-electron chi connectivity index (χ2n) is 4.78. The van der Waals surface area contributed by atoms with Crippen LogP contribution in [-0.2, 0) is 9.53 Å². The molecular weight excluding hydrogens is 391 g/mol. The summed E-state index contributed by atoms with van der Waals surface area (Å²) in [6.07, 6.45) is 1.23. The monoisotopic (exact) mass is 406 g/mol. The van der Waals surface area contributed by atoms with Crippen molar-refractivity contribution in [2.24, 2.45) is 0 Å². The highest BCUT2D eigenvalue weighted by molar-refractivity contribution is 14.1. The van der Waals surface area contributed by atoms with Crippen LogP contribution in [0.2, 0.25) is 0 Å². The average Bonchev–Trinajstić information content (AvgIpc) is 2.45. The number of carboxylic acids is 1. The van der Waals surface area contributed by atoms with Gasteiger partial charge in [0.15, 0.2) is 0 Å². The van der Waals surface area contributed by atoms with Crippen molar-refractivity contribution in [3.05, 3.63) is 31.9 Å².